The lowest BCUT2D eigenvalue weighted by Crippen LogP contribution is -2.30. The highest BCUT2D eigenvalue weighted by atomic mass is 19.1. The number of anilines is 1. The molecule has 134 valence electrons. The molecule has 2 N–H and O–H groups in total. The number of halogens is 1. The number of guanidine groups is 1. The summed E-state index contributed by atoms with van der Waals surface area (Å²) in [5.41, 5.74) is 1.56. The van der Waals surface area contributed by atoms with Crippen LogP contribution in [0.2, 0.25) is 0 Å². The maximum Gasteiger partial charge on any atom is 0.195 e. The smallest absolute Gasteiger partial charge is 0.195 e. The lowest BCUT2D eigenvalue weighted by atomic mass is 10.2. The average Bonchev–Trinajstić information content (AvgIpc) is 2.64. The van der Waals surface area contributed by atoms with Crippen LogP contribution in [0.15, 0.2) is 41.4 Å². The maximum atomic E-state index is 13.7. The quantitative estimate of drug-likeness (QED) is 0.621. The van der Waals surface area contributed by atoms with E-state index in [1.54, 1.807) is 45.5 Å². The number of ether oxygens (including phenoxy) is 3. The molecule has 0 atom stereocenters. The van der Waals surface area contributed by atoms with Crippen LogP contribution in [0.5, 0.6) is 17.2 Å². The second-order valence-electron chi connectivity index (χ2n) is 5.09. The van der Waals surface area contributed by atoms with Crippen molar-refractivity contribution in [2.24, 2.45) is 4.99 Å². The van der Waals surface area contributed by atoms with E-state index in [0.29, 0.717) is 24.0 Å². The van der Waals surface area contributed by atoms with Gasteiger partial charge in [0.05, 0.1) is 21.3 Å². The van der Waals surface area contributed by atoms with Crippen molar-refractivity contribution in [1.29, 1.82) is 0 Å². The molecule has 6 nitrogen and oxygen atoms in total. The SMILES string of the molecule is CN=C(NCc1ccc(OC)c(F)c1)Nc1ccc(OC)c(OC)c1. The normalized spacial score (nSPS) is 11.0. The van der Waals surface area contributed by atoms with Crippen molar-refractivity contribution in [1.82, 2.24) is 5.32 Å². The maximum absolute atomic E-state index is 13.7. The van der Waals surface area contributed by atoms with Gasteiger partial charge >= 0.3 is 0 Å². The van der Waals surface area contributed by atoms with E-state index in [1.807, 2.05) is 6.07 Å². The van der Waals surface area contributed by atoms with Crippen LogP contribution in [0.4, 0.5) is 10.1 Å². The molecular formula is C18H22FN3O3. The highest BCUT2D eigenvalue weighted by Gasteiger charge is 2.07. The van der Waals surface area contributed by atoms with E-state index in [0.717, 1.165) is 11.3 Å². The molecule has 0 bridgehead atoms. The lowest BCUT2D eigenvalue weighted by molar-refractivity contribution is 0.355. The number of methoxy groups -OCH3 is 3. The van der Waals surface area contributed by atoms with Crippen LogP contribution in [0.3, 0.4) is 0 Å². The summed E-state index contributed by atoms with van der Waals surface area (Å²) >= 11 is 0. The van der Waals surface area contributed by atoms with E-state index in [4.69, 9.17) is 14.2 Å². The molecule has 2 aromatic rings. The van der Waals surface area contributed by atoms with Gasteiger partial charge in [-0.05, 0) is 29.8 Å². The van der Waals surface area contributed by atoms with Crippen molar-refractivity contribution in [3.63, 3.8) is 0 Å². The molecule has 2 rings (SSSR count). The number of nitrogens with zero attached hydrogens (tertiary/aromatic N) is 1. The fraction of sp³-hybridized carbons (Fsp3) is 0.278. The summed E-state index contributed by atoms with van der Waals surface area (Å²) in [6.07, 6.45) is 0. The Morgan fingerprint density at radius 2 is 1.64 bits per heavy atom. The van der Waals surface area contributed by atoms with E-state index in [9.17, 15) is 4.39 Å². The summed E-state index contributed by atoms with van der Waals surface area (Å²) in [4.78, 5) is 4.16. The van der Waals surface area contributed by atoms with Crippen molar-refractivity contribution >= 4 is 11.6 Å². The molecule has 0 saturated heterocycles. The number of hydrogen-bond donors (Lipinski definition) is 2. The van der Waals surface area contributed by atoms with Crippen LogP contribution in [0.1, 0.15) is 5.56 Å². The van der Waals surface area contributed by atoms with Crippen molar-refractivity contribution < 1.29 is 18.6 Å². The van der Waals surface area contributed by atoms with Gasteiger partial charge < -0.3 is 24.8 Å². The number of benzene rings is 2. The highest BCUT2D eigenvalue weighted by molar-refractivity contribution is 5.93. The minimum atomic E-state index is -0.398. The van der Waals surface area contributed by atoms with E-state index in [1.165, 1.54) is 13.2 Å². The molecule has 0 unspecified atom stereocenters. The summed E-state index contributed by atoms with van der Waals surface area (Å²) in [6.45, 7) is 0.411. The van der Waals surface area contributed by atoms with Crippen molar-refractivity contribution in [3.05, 3.63) is 47.8 Å². The Morgan fingerprint density at radius 1 is 0.960 bits per heavy atom. The molecule has 0 aliphatic heterocycles. The van der Waals surface area contributed by atoms with Gasteiger partial charge in [-0.15, -0.1) is 0 Å². The number of aliphatic imine (C=N–C) groups is 1. The molecule has 7 heteroatoms. The Labute approximate surface area is 146 Å². The van der Waals surface area contributed by atoms with Gasteiger partial charge in [-0.1, -0.05) is 6.07 Å². The summed E-state index contributed by atoms with van der Waals surface area (Å²) in [7, 11) is 6.25. The van der Waals surface area contributed by atoms with Gasteiger partial charge in [-0.25, -0.2) is 4.39 Å². The van der Waals surface area contributed by atoms with Crippen LogP contribution < -0.4 is 24.8 Å². The van der Waals surface area contributed by atoms with Gasteiger partial charge in [0.25, 0.3) is 0 Å². The third-order valence-electron chi connectivity index (χ3n) is 3.55. The molecule has 0 saturated carbocycles. The average molecular weight is 347 g/mol. The number of hydrogen-bond acceptors (Lipinski definition) is 4. The zero-order valence-corrected chi connectivity index (χ0v) is 14.7. The summed E-state index contributed by atoms with van der Waals surface area (Å²) in [5.74, 6) is 1.62. The highest BCUT2D eigenvalue weighted by Crippen LogP contribution is 2.29. The van der Waals surface area contributed by atoms with Crippen LogP contribution in [-0.2, 0) is 6.54 Å². The van der Waals surface area contributed by atoms with E-state index >= 15 is 0 Å². The molecule has 0 aromatic heterocycles. The first kappa shape index (κ1) is 18.4. The van der Waals surface area contributed by atoms with E-state index in [-0.39, 0.29) is 5.75 Å². The predicted octanol–water partition coefficient (Wildman–Crippen LogP) is 3.04. The third kappa shape index (κ3) is 4.76. The first-order valence-electron chi connectivity index (χ1n) is 7.63. The fourth-order valence-corrected chi connectivity index (χ4v) is 2.24. The summed E-state index contributed by atoms with van der Waals surface area (Å²) < 4.78 is 29.1. The molecule has 0 fully saturated rings. The first-order chi connectivity index (χ1) is 12.1. The van der Waals surface area contributed by atoms with E-state index < -0.39 is 5.82 Å². The molecule has 0 radical (unpaired) electrons. The minimum Gasteiger partial charge on any atom is -0.494 e. The number of rotatable bonds is 6. The van der Waals surface area contributed by atoms with Gasteiger partial charge in [0.2, 0.25) is 0 Å². The molecule has 0 aliphatic carbocycles. The first-order valence-corrected chi connectivity index (χ1v) is 7.63. The van der Waals surface area contributed by atoms with Crippen molar-refractivity contribution in [2.75, 3.05) is 33.7 Å². The topological polar surface area (TPSA) is 64.1 Å². The molecule has 0 spiro atoms. The van der Waals surface area contributed by atoms with Gasteiger partial charge in [0, 0.05) is 25.3 Å². The van der Waals surface area contributed by atoms with Crippen LogP contribution in [0, 0.1) is 5.82 Å². The Bertz CT molecular complexity index is 750. The predicted molar refractivity (Wildman–Crippen MR) is 96.3 cm³/mol. The van der Waals surface area contributed by atoms with Gasteiger partial charge in [0.1, 0.15) is 0 Å². The second-order valence-corrected chi connectivity index (χ2v) is 5.09. The van der Waals surface area contributed by atoms with Crippen LogP contribution >= 0.6 is 0 Å². The Kier molecular flexibility index (Phi) is 6.45. The van der Waals surface area contributed by atoms with Gasteiger partial charge in [-0.2, -0.15) is 0 Å². The summed E-state index contributed by atoms with van der Waals surface area (Å²) in [6, 6.07) is 10.3. The molecule has 0 amide bonds. The monoisotopic (exact) mass is 347 g/mol. The molecular weight excluding hydrogens is 325 g/mol. The van der Waals surface area contributed by atoms with E-state index in [2.05, 4.69) is 15.6 Å². The zero-order chi connectivity index (χ0) is 18.2. The Hall–Kier alpha value is -2.96. The van der Waals surface area contributed by atoms with Crippen LogP contribution in [0.25, 0.3) is 0 Å². The zero-order valence-electron chi connectivity index (χ0n) is 14.7. The molecule has 25 heavy (non-hydrogen) atoms. The third-order valence-corrected chi connectivity index (χ3v) is 3.55. The van der Waals surface area contributed by atoms with Crippen molar-refractivity contribution in [3.8, 4) is 17.2 Å². The lowest BCUT2D eigenvalue weighted by Gasteiger charge is -2.14. The number of nitrogens with one attached hydrogen (secondary N) is 2. The second kappa shape index (κ2) is 8.77. The minimum absolute atomic E-state index is 0.219. The van der Waals surface area contributed by atoms with Gasteiger partial charge in [-0.3, -0.25) is 4.99 Å². The summed E-state index contributed by atoms with van der Waals surface area (Å²) in [5, 5.41) is 6.27. The molecule has 2 aromatic carbocycles. The Morgan fingerprint density at radius 3 is 2.24 bits per heavy atom. The molecule has 0 aliphatic rings. The Balaban J connectivity index is 2.02. The molecule has 0 heterocycles. The van der Waals surface area contributed by atoms with Crippen LogP contribution in [-0.4, -0.2) is 34.3 Å². The van der Waals surface area contributed by atoms with Gasteiger partial charge in [0.15, 0.2) is 29.0 Å². The fourth-order valence-electron chi connectivity index (χ4n) is 2.24. The largest absolute Gasteiger partial charge is 0.494 e. The van der Waals surface area contributed by atoms with Crippen molar-refractivity contribution in [2.45, 2.75) is 6.54 Å². The standard InChI is InChI=1S/C18H22FN3O3/c1-20-18(21-11-12-5-7-15(23-2)14(19)9-12)22-13-6-8-16(24-3)17(10-13)25-4/h5-10H,11H2,1-4H3,(H2,20,21,22).